The van der Waals surface area contributed by atoms with E-state index in [2.05, 4.69) is 21.4 Å². The van der Waals surface area contributed by atoms with Gasteiger partial charge in [0.05, 0.1) is 25.9 Å². The lowest BCUT2D eigenvalue weighted by molar-refractivity contribution is 0.409. The number of hydrogen-bond acceptors (Lipinski definition) is 6. The highest BCUT2D eigenvalue weighted by atomic mass is 16.5. The molecule has 2 aromatic rings. The van der Waals surface area contributed by atoms with Crippen molar-refractivity contribution >= 4 is 5.82 Å². The fraction of sp³-hybridized carbons (Fsp3) is 0.267. The summed E-state index contributed by atoms with van der Waals surface area (Å²) in [7, 11) is 3.13. The highest BCUT2D eigenvalue weighted by Crippen LogP contribution is 2.38. The SMILES string of the molecule is CCNc1ncnc(-c2cc(C#N)ccc2OC)c1OC. The van der Waals surface area contributed by atoms with Crippen LogP contribution in [0.1, 0.15) is 12.5 Å². The molecule has 0 amide bonds. The minimum atomic E-state index is 0.521. The van der Waals surface area contributed by atoms with Crippen LogP contribution in [-0.2, 0) is 0 Å². The molecule has 0 aliphatic carbocycles. The maximum atomic E-state index is 9.07. The van der Waals surface area contributed by atoms with E-state index in [9.17, 15) is 0 Å². The molecule has 0 unspecified atom stereocenters. The van der Waals surface area contributed by atoms with E-state index in [-0.39, 0.29) is 0 Å². The number of anilines is 1. The van der Waals surface area contributed by atoms with Crippen LogP contribution >= 0.6 is 0 Å². The first-order valence-corrected chi connectivity index (χ1v) is 6.46. The number of benzene rings is 1. The Bertz CT molecular complexity index is 680. The van der Waals surface area contributed by atoms with Crippen molar-refractivity contribution in [1.82, 2.24) is 9.97 Å². The third kappa shape index (κ3) is 2.87. The molecule has 0 atom stereocenters. The summed E-state index contributed by atoms with van der Waals surface area (Å²) in [6.45, 7) is 2.68. The summed E-state index contributed by atoms with van der Waals surface area (Å²) in [6.07, 6.45) is 1.45. The van der Waals surface area contributed by atoms with Crippen LogP contribution in [0.2, 0.25) is 0 Å². The highest BCUT2D eigenvalue weighted by molar-refractivity contribution is 5.77. The molecule has 0 bridgehead atoms. The van der Waals surface area contributed by atoms with Crippen molar-refractivity contribution in [2.75, 3.05) is 26.1 Å². The molecular weight excluding hydrogens is 268 g/mol. The molecule has 0 spiro atoms. The molecule has 108 valence electrons. The molecule has 0 saturated heterocycles. The second-order valence-corrected chi connectivity index (χ2v) is 4.16. The maximum Gasteiger partial charge on any atom is 0.187 e. The van der Waals surface area contributed by atoms with Gasteiger partial charge in [0.15, 0.2) is 11.6 Å². The predicted octanol–water partition coefficient (Wildman–Crippen LogP) is 2.46. The molecule has 0 saturated carbocycles. The quantitative estimate of drug-likeness (QED) is 0.908. The molecule has 1 N–H and O–H groups in total. The minimum absolute atomic E-state index is 0.521. The number of nitriles is 1. The Kier molecular flexibility index (Phi) is 4.57. The average Bonchev–Trinajstić information content (AvgIpc) is 2.54. The predicted molar refractivity (Wildman–Crippen MR) is 79.5 cm³/mol. The molecule has 0 aliphatic heterocycles. The molecular formula is C15H16N4O2. The van der Waals surface area contributed by atoms with Crippen molar-refractivity contribution in [3.05, 3.63) is 30.1 Å². The summed E-state index contributed by atoms with van der Waals surface area (Å²) in [5.74, 6) is 1.75. The topological polar surface area (TPSA) is 80.1 Å². The summed E-state index contributed by atoms with van der Waals surface area (Å²) in [5.41, 5.74) is 1.80. The van der Waals surface area contributed by atoms with E-state index in [1.165, 1.54) is 6.33 Å². The first-order valence-electron chi connectivity index (χ1n) is 6.46. The fourth-order valence-corrected chi connectivity index (χ4v) is 2.01. The van der Waals surface area contributed by atoms with Crippen molar-refractivity contribution in [2.24, 2.45) is 0 Å². The van der Waals surface area contributed by atoms with Crippen molar-refractivity contribution in [2.45, 2.75) is 6.92 Å². The fourth-order valence-electron chi connectivity index (χ4n) is 2.01. The van der Waals surface area contributed by atoms with E-state index in [0.717, 1.165) is 0 Å². The molecule has 2 rings (SSSR count). The Morgan fingerprint density at radius 2 is 2.05 bits per heavy atom. The van der Waals surface area contributed by atoms with Crippen LogP contribution in [-0.4, -0.2) is 30.7 Å². The molecule has 0 fully saturated rings. The summed E-state index contributed by atoms with van der Waals surface area (Å²) in [5, 5.41) is 12.2. The van der Waals surface area contributed by atoms with Crippen molar-refractivity contribution in [3.8, 4) is 28.8 Å². The normalized spacial score (nSPS) is 9.81. The van der Waals surface area contributed by atoms with Gasteiger partial charge in [-0.1, -0.05) is 0 Å². The monoisotopic (exact) mass is 284 g/mol. The van der Waals surface area contributed by atoms with Gasteiger partial charge in [0, 0.05) is 12.1 Å². The lowest BCUT2D eigenvalue weighted by Gasteiger charge is -2.14. The van der Waals surface area contributed by atoms with Gasteiger partial charge in [-0.25, -0.2) is 9.97 Å². The van der Waals surface area contributed by atoms with Crippen LogP contribution in [0, 0.1) is 11.3 Å². The first-order chi connectivity index (χ1) is 10.2. The van der Waals surface area contributed by atoms with Gasteiger partial charge < -0.3 is 14.8 Å². The van der Waals surface area contributed by atoms with Gasteiger partial charge in [-0.05, 0) is 25.1 Å². The number of rotatable bonds is 5. The molecule has 0 radical (unpaired) electrons. The standard InChI is InChI=1S/C15H16N4O2/c1-4-17-15-14(21-3)13(18-9-19-15)11-7-10(8-16)5-6-12(11)20-2/h5-7,9H,4H2,1-3H3,(H,17,18,19). The second kappa shape index (κ2) is 6.57. The van der Waals surface area contributed by atoms with E-state index in [1.807, 2.05) is 6.92 Å². The number of methoxy groups -OCH3 is 2. The Morgan fingerprint density at radius 1 is 1.24 bits per heavy atom. The van der Waals surface area contributed by atoms with Crippen LogP contribution < -0.4 is 14.8 Å². The third-order valence-electron chi connectivity index (χ3n) is 2.94. The van der Waals surface area contributed by atoms with Crippen LogP contribution in [0.25, 0.3) is 11.3 Å². The third-order valence-corrected chi connectivity index (χ3v) is 2.94. The van der Waals surface area contributed by atoms with E-state index in [4.69, 9.17) is 14.7 Å². The Morgan fingerprint density at radius 3 is 2.67 bits per heavy atom. The van der Waals surface area contributed by atoms with Crippen LogP contribution in [0.4, 0.5) is 5.82 Å². The number of nitrogens with one attached hydrogen (secondary N) is 1. The van der Waals surface area contributed by atoms with Crippen molar-refractivity contribution in [3.63, 3.8) is 0 Å². The maximum absolute atomic E-state index is 9.07. The van der Waals surface area contributed by atoms with Gasteiger partial charge in [0.1, 0.15) is 17.8 Å². The van der Waals surface area contributed by atoms with Crippen molar-refractivity contribution in [1.29, 1.82) is 5.26 Å². The molecule has 6 heteroatoms. The van der Waals surface area contributed by atoms with E-state index in [1.54, 1.807) is 32.4 Å². The summed E-state index contributed by atoms with van der Waals surface area (Å²) in [4.78, 5) is 8.45. The second-order valence-electron chi connectivity index (χ2n) is 4.16. The van der Waals surface area contributed by atoms with Gasteiger partial charge in [-0.2, -0.15) is 5.26 Å². The Labute approximate surface area is 123 Å². The lowest BCUT2D eigenvalue weighted by atomic mass is 10.1. The molecule has 21 heavy (non-hydrogen) atoms. The van der Waals surface area contributed by atoms with Crippen LogP contribution in [0.3, 0.4) is 0 Å². The number of hydrogen-bond donors (Lipinski definition) is 1. The zero-order chi connectivity index (χ0) is 15.2. The van der Waals surface area contributed by atoms with E-state index < -0.39 is 0 Å². The largest absolute Gasteiger partial charge is 0.496 e. The number of ether oxygens (including phenoxy) is 2. The van der Waals surface area contributed by atoms with Crippen molar-refractivity contribution < 1.29 is 9.47 Å². The summed E-state index contributed by atoms with van der Waals surface area (Å²) >= 11 is 0. The number of aromatic nitrogens is 2. The van der Waals surface area contributed by atoms with Gasteiger partial charge in [0.25, 0.3) is 0 Å². The smallest absolute Gasteiger partial charge is 0.187 e. The molecule has 1 aromatic heterocycles. The molecule has 6 nitrogen and oxygen atoms in total. The Balaban J connectivity index is 2.66. The number of nitrogens with zero attached hydrogens (tertiary/aromatic N) is 3. The zero-order valence-corrected chi connectivity index (χ0v) is 12.2. The molecule has 0 aliphatic rings. The van der Waals surface area contributed by atoms with E-state index >= 15 is 0 Å². The summed E-state index contributed by atoms with van der Waals surface area (Å²) in [6, 6.07) is 7.27. The van der Waals surface area contributed by atoms with Gasteiger partial charge in [-0.15, -0.1) is 0 Å². The first kappa shape index (κ1) is 14.6. The van der Waals surface area contributed by atoms with Crippen LogP contribution in [0.15, 0.2) is 24.5 Å². The lowest BCUT2D eigenvalue weighted by Crippen LogP contribution is -2.04. The van der Waals surface area contributed by atoms with Gasteiger partial charge in [0.2, 0.25) is 0 Å². The molecule has 1 heterocycles. The Hall–Kier alpha value is -2.81. The molecule has 1 aromatic carbocycles. The highest BCUT2D eigenvalue weighted by Gasteiger charge is 2.17. The zero-order valence-electron chi connectivity index (χ0n) is 12.2. The minimum Gasteiger partial charge on any atom is -0.496 e. The average molecular weight is 284 g/mol. The van der Waals surface area contributed by atoms with Gasteiger partial charge >= 0.3 is 0 Å². The summed E-state index contributed by atoms with van der Waals surface area (Å²) < 4.78 is 10.8. The van der Waals surface area contributed by atoms with E-state index in [0.29, 0.717) is 40.7 Å². The van der Waals surface area contributed by atoms with Crippen LogP contribution in [0.5, 0.6) is 11.5 Å². The van der Waals surface area contributed by atoms with Gasteiger partial charge in [-0.3, -0.25) is 0 Å².